The van der Waals surface area contributed by atoms with Gasteiger partial charge in [0.15, 0.2) is 0 Å². The van der Waals surface area contributed by atoms with Gasteiger partial charge in [-0.2, -0.15) is 34.8 Å². The predicted molar refractivity (Wildman–Crippen MR) is 114 cm³/mol. The average Bonchev–Trinajstić information content (AvgIpc) is 2.63. The van der Waals surface area contributed by atoms with Crippen molar-refractivity contribution < 1.29 is 58.4 Å². The van der Waals surface area contributed by atoms with Crippen LogP contribution in [0.3, 0.4) is 0 Å². The molecule has 1 aromatic carbocycles. The number of carbonyl (C=O) groups is 3. The first kappa shape index (κ1) is 29.9. The fourth-order valence-electron chi connectivity index (χ4n) is 2.47. The summed E-state index contributed by atoms with van der Waals surface area (Å²) in [5.41, 5.74) is -6.95. The van der Waals surface area contributed by atoms with Gasteiger partial charge < -0.3 is 14.5 Å². The lowest BCUT2D eigenvalue weighted by molar-refractivity contribution is -0.356. The van der Waals surface area contributed by atoms with E-state index in [1.165, 1.54) is 42.8 Å². The highest BCUT2D eigenvalue weighted by Gasteiger charge is 2.76. The molecule has 0 saturated heterocycles. The lowest BCUT2D eigenvalue weighted by atomic mass is 10.0. The Balaban J connectivity index is 3.88. The van der Waals surface area contributed by atoms with Gasteiger partial charge in [-0.15, -0.1) is 0 Å². The van der Waals surface area contributed by atoms with Gasteiger partial charge in [-0.05, 0) is 34.7 Å². The van der Waals surface area contributed by atoms with Crippen molar-refractivity contribution in [2.75, 3.05) is 29.6 Å². The molecule has 34 heavy (non-hydrogen) atoms. The monoisotopic (exact) mass is 634 g/mol. The summed E-state index contributed by atoms with van der Waals surface area (Å²) >= 11 is 1.36. The molecule has 2 amide bonds. The summed E-state index contributed by atoms with van der Waals surface area (Å²) in [6.45, 7) is 2.13. The number of halogens is 7. The van der Waals surface area contributed by atoms with Crippen LogP contribution >= 0.6 is 22.6 Å². The Morgan fingerprint density at radius 3 is 1.76 bits per heavy atom. The number of ether oxygens (including phenoxy) is 1. The van der Waals surface area contributed by atoms with Crippen molar-refractivity contribution in [3.8, 4) is 0 Å². The number of hydrogen-bond donors (Lipinski definition) is 1. The van der Waals surface area contributed by atoms with E-state index in [0.29, 0.717) is 0 Å². The van der Waals surface area contributed by atoms with Crippen LogP contribution in [-0.4, -0.2) is 68.6 Å². The second-order valence-electron chi connectivity index (χ2n) is 6.92. The molecule has 0 atom stereocenters. The molecule has 1 N–H and O–H groups in total. The topological polar surface area (TPSA) is 121 Å². The number of amides is 2. The summed E-state index contributed by atoms with van der Waals surface area (Å²) in [5.74, 6) is -6.63. The summed E-state index contributed by atoms with van der Waals surface area (Å²) in [7, 11) is -3.62. The van der Waals surface area contributed by atoms with Crippen molar-refractivity contribution in [3.63, 3.8) is 0 Å². The summed E-state index contributed by atoms with van der Waals surface area (Å²) < 4.78 is 115. The van der Waals surface area contributed by atoms with Gasteiger partial charge in [0.2, 0.25) is 11.8 Å². The molecule has 0 aromatic heterocycles. The highest BCUT2D eigenvalue weighted by atomic mass is 127. The molecule has 9 nitrogen and oxygen atoms in total. The summed E-state index contributed by atoms with van der Waals surface area (Å²) in [4.78, 5) is 37.9. The van der Waals surface area contributed by atoms with Crippen LogP contribution in [0.15, 0.2) is 12.1 Å². The van der Waals surface area contributed by atoms with Gasteiger partial charge in [0, 0.05) is 33.6 Å². The normalized spacial score (nSPS) is 12.8. The van der Waals surface area contributed by atoms with Crippen LogP contribution in [0.5, 0.6) is 0 Å². The standard InChI is InChI=1S/C17H17F6IN2O7S/c1-8(27)25(3)10-5-11(13(24)12(6-10)26(4)9(2)28)14(29)33-15(16(18,19)20,17(21,22)23)7-34(30,31)32/h5-6H,7H2,1-4H3,(H,30,31,32). The number of benzene rings is 1. The van der Waals surface area contributed by atoms with E-state index in [1.54, 1.807) is 0 Å². The van der Waals surface area contributed by atoms with Gasteiger partial charge in [-0.1, -0.05) is 0 Å². The van der Waals surface area contributed by atoms with Crippen LogP contribution < -0.4 is 9.80 Å². The summed E-state index contributed by atoms with van der Waals surface area (Å²) in [6.07, 6.45) is -13.0. The van der Waals surface area contributed by atoms with E-state index in [9.17, 15) is 49.1 Å². The van der Waals surface area contributed by atoms with Crippen LogP contribution in [0.2, 0.25) is 0 Å². The third-order valence-corrected chi connectivity index (χ3v) is 6.42. The van der Waals surface area contributed by atoms with Crippen molar-refractivity contribution in [3.05, 3.63) is 21.3 Å². The SMILES string of the molecule is CC(=O)N(C)c1cc(C(=O)OC(CS(=O)(=O)O)(C(F)(F)F)C(F)(F)F)c(I)c(N(C)C(C)=O)c1. The van der Waals surface area contributed by atoms with E-state index in [1.807, 2.05) is 0 Å². The number of alkyl halides is 6. The molecule has 17 heteroatoms. The molecule has 192 valence electrons. The number of hydrogen-bond acceptors (Lipinski definition) is 6. The fraction of sp³-hybridized carbons (Fsp3) is 0.471. The first-order valence-electron chi connectivity index (χ1n) is 8.70. The van der Waals surface area contributed by atoms with E-state index in [0.717, 1.165) is 29.7 Å². The van der Waals surface area contributed by atoms with Gasteiger partial charge in [-0.3, -0.25) is 14.1 Å². The number of carbonyl (C=O) groups excluding carboxylic acids is 3. The van der Waals surface area contributed by atoms with Crippen molar-refractivity contribution >= 4 is 61.9 Å². The number of rotatable bonds is 6. The maximum absolute atomic E-state index is 13.5. The maximum atomic E-state index is 13.5. The molecular formula is C17H17F6IN2O7S. The lowest BCUT2D eigenvalue weighted by Crippen LogP contribution is -2.63. The van der Waals surface area contributed by atoms with E-state index in [-0.39, 0.29) is 14.9 Å². The van der Waals surface area contributed by atoms with E-state index >= 15 is 0 Å². The molecule has 0 bridgehead atoms. The zero-order valence-corrected chi connectivity index (χ0v) is 20.7. The lowest BCUT2D eigenvalue weighted by Gasteiger charge is -2.35. The van der Waals surface area contributed by atoms with Crippen molar-refractivity contribution in [2.45, 2.75) is 31.8 Å². The Morgan fingerprint density at radius 2 is 1.41 bits per heavy atom. The first-order chi connectivity index (χ1) is 15.1. The molecule has 0 fully saturated rings. The third-order valence-electron chi connectivity index (χ3n) is 4.52. The van der Waals surface area contributed by atoms with Gasteiger partial charge >= 0.3 is 23.9 Å². The van der Waals surface area contributed by atoms with Crippen molar-refractivity contribution in [2.24, 2.45) is 0 Å². The quantitative estimate of drug-likeness (QED) is 0.221. The fourth-order valence-corrected chi connectivity index (χ4v) is 4.27. The number of esters is 1. The molecule has 0 saturated carbocycles. The van der Waals surface area contributed by atoms with E-state index in [4.69, 9.17) is 4.55 Å². The first-order valence-corrected chi connectivity index (χ1v) is 11.4. The van der Waals surface area contributed by atoms with Crippen LogP contribution in [0.25, 0.3) is 0 Å². The van der Waals surface area contributed by atoms with Crippen molar-refractivity contribution in [1.82, 2.24) is 0 Å². The van der Waals surface area contributed by atoms with Gasteiger partial charge in [0.05, 0.1) is 14.8 Å². The minimum Gasteiger partial charge on any atom is -0.435 e. The van der Waals surface area contributed by atoms with Crippen molar-refractivity contribution in [1.29, 1.82) is 0 Å². The van der Waals surface area contributed by atoms with Crippen LogP contribution in [0.1, 0.15) is 24.2 Å². The summed E-state index contributed by atoms with van der Waals surface area (Å²) in [5, 5.41) is 0. The Hall–Kier alpha value is -2.15. The van der Waals surface area contributed by atoms with Gasteiger partial charge in [-0.25, -0.2) is 4.79 Å². The third kappa shape index (κ3) is 6.29. The maximum Gasteiger partial charge on any atom is 0.438 e. The molecule has 0 aliphatic heterocycles. The Morgan fingerprint density at radius 1 is 0.971 bits per heavy atom. The summed E-state index contributed by atoms with van der Waals surface area (Å²) in [6, 6.07) is 1.90. The molecular weight excluding hydrogens is 617 g/mol. The van der Waals surface area contributed by atoms with Crippen LogP contribution in [0, 0.1) is 3.57 Å². The largest absolute Gasteiger partial charge is 0.438 e. The zero-order valence-electron chi connectivity index (χ0n) is 17.7. The minimum atomic E-state index is -6.52. The minimum absolute atomic E-state index is 0.176. The molecule has 0 heterocycles. The van der Waals surface area contributed by atoms with Gasteiger partial charge in [0.25, 0.3) is 10.1 Å². The molecule has 0 spiro atoms. The molecule has 1 aromatic rings. The number of anilines is 2. The molecule has 1 rings (SSSR count). The molecule has 0 radical (unpaired) electrons. The number of nitrogens with zero attached hydrogens (tertiary/aromatic N) is 2. The second-order valence-corrected chi connectivity index (χ2v) is 9.45. The van der Waals surface area contributed by atoms with E-state index in [2.05, 4.69) is 4.74 Å². The smallest absolute Gasteiger partial charge is 0.435 e. The van der Waals surface area contributed by atoms with Crippen LogP contribution in [-0.2, 0) is 24.4 Å². The Bertz CT molecular complexity index is 1090. The Labute approximate surface area is 202 Å². The Kier molecular flexibility index (Phi) is 8.65. The molecule has 0 unspecified atom stereocenters. The molecule has 0 aliphatic carbocycles. The average molecular weight is 634 g/mol. The molecule has 0 aliphatic rings. The predicted octanol–water partition coefficient (Wildman–Crippen LogP) is 3.16. The van der Waals surface area contributed by atoms with Gasteiger partial charge in [0.1, 0.15) is 5.75 Å². The van der Waals surface area contributed by atoms with Crippen LogP contribution in [0.4, 0.5) is 37.7 Å². The second kappa shape index (κ2) is 9.84. The zero-order chi connectivity index (χ0) is 27.0. The highest BCUT2D eigenvalue weighted by Crippen LogP contribution is 2.47. The van der Waals surface area contributed by atoms with E-state index < -0.39 is 57.2 Å². The highest BCUT2D eigenvalue weighted by molar-refractivity contribution is 14.1.